The molecule has 35 heavy (non-hydrogen) atoms. The average molecular weight is 479 g/mol. The minimum atomic E-state index is -0.846. The average Bonchev–Trinajstić information content (AvgIpc) is 2.86. The zero-order valence-corrected chi connectivity index (χ0v) is 19.7. The molecule has 1 aliphatic carbocycles. The lowest BCUT2D eigenvalue weighted by molar-refractivity contribution is -0.384. The first-order chi connectivity index (χ1) is 16.8. The third kappa shape index (κ3) is 4.37. The van der Waals surface area contributed by atoms with Crippen molar-refractivity contribution in [1.82, 2.24) is 5.32 Å². The number of carbonyl (C=O) groups excluding carboxylic acids is 2. The Bertz CT molecular complexity index is 1230. The van der Waals surface area contributed by atoms with Gasteiger partial charge in [-0.15, -0.1) is 0 Å². The van der Waals surface area contributed by atoms with E-state index in [4.69, 9.17) is 14.2 Å². The molecule has 3 unspecified atom stereocenters. The third-order valence-corrected chi connectivity index (χ3v) is 6.64. The first-order valence-corrected chi connectivity index (χ1v) is 11.0. The van der Waals surface area contributed by atoms with Gasteiger partial charge in [0.25, 0.3) is 5.69 Å². The van der Waals surface area contributed by atoms with Gasteiger partial charge < -0.3 is 19.5 Å². The number of ketones is 1. The number of carbonyl (C=O) groups is 2. The summed E-state index contributed by atoms with van der Waals surface area (Å²) in [4.78, 5) is 36.9. The molecule has 0 amide bonds. The lowest BCUT2D eigenvalue weighted by atomic mass is 9.69. The highest BCUT2D eigenvalue weighted by molar-refractivity contribution is 6.01. The SMILES string of the molecule is C=C1NC2=C(C(=O)CC(c3ccc(OC)c(OC)c3)C2)C(c2ccc([N+](=O)[O-])cc2)C1C(=O)OC. The second kappa shape index (κ2) is 9.61. The Kier molecular flexibility index (Phi) is 6.59. The van der Waals surface area contributed by atoms with E-state index >= 15 is 0 Å². The summed E-state index contributed by atoms with van der Waals surface area (Å²) < 4.78 is 15.8. The van der Waals surface area contributed by atoms with Gasteiger partial charge in [0.1, 0.15) is 5.92 Å². The van der Waals surface area contributed by atoms with E-state index in [1.165, 1.54) is 19.2 Å². The standard InChI is InChI=1S/C26H26N2O7/c1-14-23(26(30)35-4)24(15-5-8-18(9-6-15)28(31)32)25-19(27-14)11-17(12-20(25)29)16-7-10-21(33-2)22(13-16)34-3/h5-10,13,17,23-24,27H,1,11-12H2,2-4H3. The van der Waals surface area contributed by atoms with E-state index in [0.29, 0.717) is 40.5 Å². The number of hydrogen-bond acceptors (Lipinski definition) is 8. The fourth-order valence-electron chi connectivity index (χ4n) is 4.96. The minimum Gasteiger partial charge on any atom is -0.493 e. The van der Waals surface area contributed by atoms with E-state index in [1.54, 1.807) is 26.4 Å². The molecule has 0 fully saturated rings. The molecule has 0 radical (unpaired) electrons. The molecule has 182 valence electrons. The van der Waals surface area contributed by atoms with Crippen LogP contribution in [0.25, 0.3) is 0 Å². The first kappa shape index (κ1) is 24.0. The molecule has 1 N–H and O–H groups in total. The summed E-state index contributed by atoms with van der Waals surface area (Å²) >= 11 is 0. The number of ether oxygens (including phenoxy) is 3. The molecule has 0 spiro atoms. The normalized spacial score (nSPS) is 21.6. The zero-order valence-electron chi connectivity index (χ0n) is 19.7. The van der Waals surface area contributed by atoms with Crippen molar-refractivity contribution in [2.45, 2.75) is 24.7 Å². The van der Waals surface area contributed by atoms with Gasteiger partial charge in [-0.3, -0.25) is 19.7 Å². The molecule has 0 bridgehead atoms. The number of non-ortho nitro benzene ring substituents is 1. The predicted molar refractivity (Wildman–Crippen MR) is 127 cm³/mol. The maximum absolute atomic E-state index is 13.6. The van der Waals surface area contributed by atoms with E-state index in [-0.39, 0.29) is 23.8 Å². The van der Waals surface area contributed by atoms with E-state index in [0.717, 1.165) is 5.56 Å². The van der Waals surface area contributed by atoms with Crippen LogP contribution in [0.3, 0.4) is 0 Å². The van der Waals surface area contributed by atoms with Gasteiger partial charge >= 0.3 is 5.97 Å². The molecule has 1 heterocycles. The Labute approximate surface area is 202 Å². The monoisotopic (exact) mass is 478 g/mol. The van der Waals surface area contributed by atoms with E-state index < -0.39 is 22.7 Å². The summed E-state index contributed by atoms with van der Waals surface area (Å²) in [6.07, 6.45) is 0.757. The Morgan fingerprint density at radius 2 is 1.69 bits per heavy atom. The molecule has 0 aromatic heterocycles. The smallest absolute Gasteiger partial charge is 0.315 e. The largest absolute Gasteiger partial charge is 0.493 e. The Morgan fingerprint density at radius 1 is 1.03 bits per heavy atom. The summed E-state index contributed by atoms with van der Waals surface area (Å²) in [5.74, 6) is -1.09. The molecule has 2 aliphatic rings. The van der Waals surface area contributed by atoms with Gasteiger partial charge in [-0.1, -0.05) is 24.8 Å². The molecule has 2 aromatic carbocycles. The third-order valence-electron chi connectivity index (χ3n) is 6.64. The summed E-state index contributed by atoms with van der Waals surface area (Å²) in [6, 6.07) is 11.5. The highest BCUT2D eigenvalue weighted by atomic mass is 16.6. The Hall–Kier alpha value is -4.14. The number of rotatable bonds is 6. The number of nitrogens with zero attached hydrogens (tertiary/aromatic N) is 1. The van der Waals surface area contributed by atoms with Crippen LogP contribution in [-0.2, 0) is 14.3 Å². The summed E-state index contributed by atoms with van der Waals surface area (Å²) in [6.45, 7) is 4.05. The molecular weight excluding hydrogens is 452 g/mol. The summed E-state index contributed by atoms with van der Waals surface area (Å²) in [7, 11) is 4.40. The number of nitrogens with one attached hydrogen (secondary N) is 1. The van der Waals surface area contributed by atoms with E-state index in [1.807, 2.05) is 18.2 Å². The number of methoxy groups -OCH3 is 3. The molecule has 3 atom stereocenters. The topological polar surface area (TPSA) is 117 Å². The van der Waals surface area contributed by atoms with E-state index in [2.05, 4.69) is 11.9 Å². The van der Waals surface area contributed by atoms with Crippen LogP contribution in [0.15, 0.2) is 66.0 Å². The van der Waals surface area contributed by atoms with Gasteiger partial charge in [0.05, 0.1) is 26.3 Å². The summed E-state index contributed by atoms with van der Waals surface area (Å²) in [5.41, 5.74) is 3.05. The molecular formula is C26H26N2O7. The Balaban J connectivity index is 1.77. The van der Waals surface area contributed by atoms with Gasteiger partial charge in [-0.25, -0.2) is 0 Å². The molecule has 4 rings (SSSR count). The van der Waals surface area contributed by atoms with Crippen molar-refractivity contribution in [1.29, 1.82) is 0 Å². The van der Waals surface area contributed by atoms with Crippen molar-refractivity contribution in [2.75, 3.05) is 21.3 Å². The van der Waals surface area contributed by atoms with Crippen LogP contribution in [0.5, 0.6) is 11.5 Å². The fourth-order valence-corrected chi connectivity index (χ4v) is 4.96. The number of esters is 1. The van der Waals surface area contributed by atoms with Gasteiger partial charge in [0.2, 0.25) is 0 Å². The second-order valence-corrected chi connectivity index (χ2v) is 8.51. The van der Waals surface area contributed by atoms with Crippen LogP contribution in [0.4, 0.5) is 5.69 Å². The van der Waals surface area contributed by atoms with Gasteiger partial charge in [-0.2, -0.15) is 0 Å². The Morgan fingerprint density at radius 3 is 2.29 bits per heavy atom. The van der Waals surface area contributed by atoms with Gasteiger partial charge in [-0.05, 0) is 35.6 Å². The molecule has 1 aliphatic heterocycles. The maximum Gasteiger partial charge on any atom is 0.315 e. The number of hydrogen-bond donors (Lipinski definition) is 1. The zero-order chi connectivity index (χ0) is 25.3. The second-order valence-electron chi connectivity index (χ2n) is 8.51. The summed E-state index contributed by atoms with van der Waals surface area (Å²) in [5, 5.41) is 14.3. The van der Waals surface area contributed by atoms with E-state index in [9.17, 15) is 19.7 Å². The lowest BCUT2D eigenvalue weighted by Crippen LogP contribution is -2.42. The van der Waals surface area contributed by atoms with Gasteiger partial charge in [0.15, 0.2) is 17.3 Å². The number of allylic oxidation sites excluding steroid dienone is 2. The van der Waals surface area contributed by atoms with Crippen LogP contribution in [0, 0.1) is 16.0 Å². The van der Waals surface area contributed by atoms with Crippen LogP contribution in [0.2, 0.25) is 0 Å². The van der Waals surface area contributed by atoms with Crippen LogP contribution < -0.4 is 14.8 Å². The highest BCUT2D eigenvalue weighted by Gasteiger charge is 2.45. The molecule has 9 heteroatoms. The number of nitro benzene ring substituents is 1. The number of benzene rings is 2. The van der Waals surface area contributed by atoms with Crippen molar-refractivity contribution in [3.63, 3.8) is 0 Å². The van der Waals surface area contributed by atoms with Crippen molar-refractivity contribution in [3.8, 4) is 11.5 Å². The van der Waals surface area contributed by atoms with Crippen LogP contribution in [-0.4, -0.2) is 38.0 Å². The molecule has 0 saturated carbocycles. The van der Waals surface area contributed by atoms with Crippen molar-refractivity contribution < 1.29 is 28.7 Å². The van der Waals surface area contributed by atoms with Crippen molar-refractivity contribution in [3.05, 3.63) is 87.3 Å². The van der Waals surface area contributed by atoms with Crippen molar-refractivity contribution in [2.24, 2.45) is 5.92 Å². The lowest BCUT2D eigenvalue weighted by Gasteiger charge is -2.40. The molecule has 0 saturated heterocycles. The minimum absolute atomic E-state index is 0.0752. The van der Waals surface area contributed by atoms with Crippen molar-refractivity contribution >= 4 is 17.4 Å². The quantitative estimate of drug-likeness (QED) is 0.376. The van der Waals surface area contributed by atoms with Crippen LogP contribution >= 0.6 is 0 Å². The number of nitro groups is 1. The molecule has 9 nitrogen and oxygen atoms in total. The van der Waals surface area contributed by atoms with Crippen LogP contribution in [0.1, 0.15) is 35.8 Å². The predicted octanol–water partition coefficient (Wildman–Crippen LogP) is 4.00. The van der Waals surface area contributed by atoms with Gasteiger partial charge in [0, 0.05) is 41.4 Å². The fraction of sp³-hybridized carbons (Fsp3) is 0.308. The highest BCUT2D eigenvalue weighted by Crippen LogP contribution is 2.48. The first-order valence-electron chi connectivity index (χ1n) is 11.0. The maximum atomic E-state index is 13.6. The number of Topliss-reactive ketones (excluding diaryl/α,β-unsaturated/α-hetero) is 1. The molecule has 2 aromatic rings.